The Morgan fingerprint density at radius 3 is 2.64 bits per heavy atom. The number of aromatic nitrogens is 3. The van der Waals surface area contributed by atoms with Crippen LogP contribution in [-0.2, 0) is 14.8 Å². The van der Waals surface area contributed by atoms with Crippen molar-refractivity contribution in [3.63, 3.8) is 0 Å². The quantitative estimate of drug-likeness (QED) is 0.739. The third-order valence-electron chi connectivity index (χ3n) is 2.47. The van der Waals surface area contributed by atoms with Crippen molar-refractivity contribution in [3.05, 3.63) is 46.4 Å². The van der Waals surface area contributed by atoms with Crippen molar-refractivity contribution in [2.45, 2.75) is 17.0 Å². The predicted molar refractivity (Wildman–Crippen MR) is 79.9 cm³/mol. The van der Waals surface area contributed by atoms with Crippen LogP contribution in [0.1, 0.15) is 5.56 Å². The Hall–Kier alpha value is -2.20. The zero-order valence-corrected chi connectivity index (χ0v) is 13.1. The molecule has 0 radical (unpaired) electrons. The van der Waals surface area contributed by atoms with Crippen LogP contribution in [0.15, 0.2) is 45.3 Å². The van der Waals surface area contributed by atoms with Gasteiger partial charge in [-0.1, -0.05) is 29.5 Å². The summed E-state index contributed by atoms with van der Waals surface area (Å²) in [6, 6.07) is 6.10. The van der Waals surface area contributed by atoms with E-state index in [0.29, 0.717) is 0 Å². The SMILES string of the molecule is Cc1ccc(S(=O)(=O)NC(=O)CSc2nncc(=O)[nH]2)cc1. The molecule has 0 unspecified atom stereocenters. The van der Waals surface area contributed by atoms with Crippen LogP contribution in [0.3, 0.4) is 0 Å². The van der Waals surface area contributed by atoms with Crippen molar-refractivity contribution < 1.29 is 13.2 Å². The second-order valence-corrected chi connectivity index (χ2v) is 6.92. The summed E-state index contributed by atoms with van der Waals surface area (Å²) in [5.41, 5.74) is 0.456. The largest absolute Gasteiger partial charge is 0.299 e. The second-order valence-electron chi connectivity index (χ2n) is 4.27. The normalized spacial score (nSPS) is 11.1. The molecule has 0 bridgehead atoms. The van der Waals surface area contributed by atoms with Gasteiger partial charge in [0.15, 0.2) is 5.16 Å². The van der Waals surface area contributed by atoms with Crippen molar-refractivity contribution >= 4 is 27.7 Å². The molecule has 8 nitrogen and oxygen atoms in total. The number of rotatable bonds is 5. The Morgan fingerprint density at radius 2 is 2.00 bits per heavy atom. The first-order chi connectivity index (χ1) is 10.4. The fourth-order valence-corrected chi connectivity index (χ4v) is 3.14. The van der Waals surface area contributed by atoms with Gasteiger partial charge in [0.25, 0.3) is 15.6 Å². The number of carbonyl (C=O) groups excluding carboxylic acids is 1. The summed E-state index contributed by atoms with van der Waals surface area (Å²) in [5.74, 6) is -0.947. The first-order valence-electron chi connectivity index (χ1n) is 6.04. The number of H-pyrrole nitrogens is 1. The Morgan fingerprint density at radius 1 is 1.32 bits per heavy atom. The molecule has 2 rings (SSSR count). The molecule has 0 aliphatic rings. The number of amides is 1. The molecule has 0 spiro atoms. The fourth-order valence-electron chi connectivity index (χ4n) is 1.45. The summed E-state index contributed by atoms with van der Waals surface area (Å²) in [4.78, 5) is 25.1. The Balaban J connectivity index is 1.99. The number of sulfonamides is 1. The maximum atomic E-state index is 12.0. The van der Waals surface area contributed by atoms with E-state index in [-0.39, 0.29) is 15.8 Å². The van der Waals surface area contributed by atoms with Crippen LogP contribution in [0.4, 0.5) is 0 Å². The molecule has 0 saturated carbocycles. The van der Waals surface area contributed by atoms with E-state index in [4.69, 9.17) is 0 Å². The Labute approximate surface area is 130 Å². The number of aryl methyl sites for hydroxylation is 1. The summed E-state index contributed by atoms with van der Waals surface area (Å²) in [6.07, 6.45) is 0.992. The summed E-state index contributed by atoms with van der Waals surface area (Å²) in [5, 5.41) is 7.17. The van der Waals surface area contributed by atoms with Crippen molar-refractivity contribution in [2.24, 2.45) is 0 Å². The maximum Gasteiger partial charge on any atom is 0.270 e. The van der Waals surface area contributed by atoms with Gasteiger partial charge in [-0.05, 0) is 19.1 Å². The predicted octanol–water partition coefficient (Wildman–Crippen LogP) is 0.0705. The number of aromatic amines is 1. The molecular formula is C12H12N4O4S2. The number of carbonyl (C=O) groups is 1. The highest BCUT2D eigenvalue weighted by atomic mass is 32.2. The molecule has 0 aliphatic carbocycles. The summed E-state index contributed by atoms with van der Waals surface area (Å²) < 4.78 is 25.9. The second kappa shape index (κ2) is 6.71. The van der Waals surface area contributed by atoms with E-state index >= 15 is 0 Å². The lowest BCUT2D eigenvalue weighted by Crippen LogP contribution is -2.32. The molecule has 0 fully saturated rings. The zero-order chi connectivity index (χ0) is 16.2. The van der Waals surface area contributed by atoms with Gasteiger partial charge in [0.1, 0.15) is 6.20 Å². The standard InChI is InChI=1S/C12H12N4O4S2/c1-8-2-4-9(5-3-8)22(19,20)16-11(18)7-21-12-14-10(17)6-13-15-12/h2-6H,7H2,1H3,(H,16,18)(H,14,15,17). The first-order valence-corrected chi connectivity index (χ1v) is 8.51. The number of nitrogens with one attached hydrogen (secondary N) is 2. The summed E-state index contributed by atoms with van der Waals surface area (Å²) in [7, 11) is -3.91. The molecule has 1 amide bonds. The van der Waals surface area contributed by atoms with E-state index < -0.39 is 21.5 Å². The van der Waals surface area contributed by atoms with Crippen molar-refractivity contribution in [2.75, 3.05) is 5.75 Å². The van der Waals surface area contributed by atoms with E-state index in [1.807, 2.05) is 11.6 Å². The van der Waals surface area contributed by atoms with Gasteiger partial charge in [0.2, 0.25) is 5.91 Å². The van der Waals surface area contributed by atoms with Crippen LogP contribution in [0.2, 0.25) is 0 Å². The van der Waals surface area contributed by atoms with Crippen molar-refractivity contribution in [1.29, 1.82) is 0 Å². The zero-order valence-electron chi connectivity index (χ0n) is 11.4. The molecule has 0 aliphatic heterocycles. The highest BCUT2D eigenvalue weighted by Crippen LogP contribution is 2.12. The molecule has 1 aromatic carbocycles. The fraction of sp³-hybridized carbons (Fsp3) is 0.167. The number of benzene rings is 1. The van der Waals surface area contributed by atoms with Gasteiger partial charge in [-0.15, -0.1) is 5.10 Å². The lowest BCUT2D eigenvalue weighted by molar-refractivity contribution is -0.116. The molecule has 0 atom stereocenters. The van der Waals surface area contributed by atoms with Crippen LogP contribution in [0.5, 0.6) is 0 Å². The van der Waals surface area contributed by atoms with Crippen molar-refractivity contribution in [1.82, 2.24) is 19.9 Å². The van der Waals surface area contributed by atoms with Gasteiger partial charge in [0.05, 0.1) is 10.6 Å². The summed E-state index contributed by atoms with van der Waals surface area (Å²) >= 11 is 0.875. The van der Waals surface area contributed by atoms with E-state index in [2.05, 4.69) is 15.2 Å². The average Bonchev–Trinajstić information content (AvgIpc) is 2.45. The third-order valence-corrected chi connectivity index (χ3v) is 4.73. The maximum absolute atomic E-state index is 12.0. The van der Waals surface area contributed by atoms with E-state index in [1.165, 1.54) is 12.1 Å². The molecular weight excluding hydrogens is 328 g/mol. The van der Waals surface area contributed by atoms with E-state index in [1.54, 1.807) is 12.1 Å². The van der Waals surface area contributed by atoms with E-state index in [0.717, 1.165) is 23.5 Å². The molecule has 1 aromatic heterocycles. The van der Waals surface area contributed by atoms with Crippen LogP contribution in [0, 0.1) is 6.92 Å². The van der Waals surface area contributed by atoms with Gasteiger partial charge in [0, 0.05) is 0 Å². The minimum Gasteiger partial charge on any atom is -0.299 e. The first kappa shape index (κ1) is 16.2. The molecule has 0 saturated heterocycles. The smallest absolute Gasteiger partial charge is 0.270 e. The summed E-state index contributed by atoms with van der Waals surface area (Å²) in [6.45, 7) is 1.83. The number of hydrogen-bond acceptors (Lipinski definition) is 7. The molecule has 1 heterocycles. The van der Waals surface area contributed by atoms with Gasteiger partial charge in [-0.25, -0.2) is 13.1 Å². The highest BCUT2D eigenvalue weighted by Gasteiger charge is 2.17. The Bertz CT molecular complexity index is 831. The van der Waals surface area contributed by atoms with Gasteiger partial charge in [-0.2, -0.15) is 5.10 Å². The molecule has 10 heteroatoms. The molecule has 2 N–H and O–H groups in total. The monoisotopic (exact) mass is 340 g/mol. The van der Waals surface area contributed by atoms with Gasteiger partial charge in [-0.3, -0.25) is 14.6 Å². The highest BCUT2D eigenvalue weighted by molar-refractivity contribution is 8.00. The Kier molecular flexibility index (Phi) is 4.93. The molecule has 22 heavy (non-hydrogen) atoms. The third kappa shape index (κ3) is 4.40. The molecule has 116 valence electrons. The number of thioether (sulfide) groups is 1. The van der Waals surface area contributed by atoms with Crippen LogP contribution in [0.25, 0.3) is 0 Å². The topological polar surface area (TPSA) is 122 Å². The van der Waals surface area contributed by atoms with E-state index in [9.17, 15) is 18.0 Å². The van der Waals surface area contributed by atoms with Crippen LogP contribution in [-0.4, -0.2) is 35.3 Å². The van der Waals surface area contributed by atoms with Gasteiger partial charge >= 0.3 is 0 Å². The number of nitrogens with zero attached hydrogens (tertiary/aromatic N) is 2. The van der Waals surface area contributed by atoms with Crippen LogP contribution < -0.4 is 10.3 Å². The number of hydrogen-bond donors (Lipinski definition) is 2. The van der Waals surface area contributed by atoms with Crippen molar-refractivity contribution in [3.8, 4) is 0 Å². The molecule has 2 aromatic rings. The average molecular weight is 340 g/mol. The minimum atomic E-state index is -3.91. The van der Waals surface area contributed by atoms with Crippen LogP contribution >= 0.6 is 11.8 Å². The lowest BCUT2D eigenvalue weighted by atomic mass is 10.2. The lowest BCUT2D eigenvalue weighted by Gasteiger charge is -2.06. The minimum absolute atomic E-state index is 0.00404. The van der Waals surface area contributed by atoms with Gasteiger partial charge < -0.3 is 0 Å².